The van der Waals surface area contributed by atoms with Crippen molar-refractivity contribution in [3.8, 4) is 6.07 Å². The Balaban J connectivity index is 1.59. The molecule has 1 N–H and O–H groups in total. The molecule has 0 radical (unpaired) electrons. The number of hydrogen-bond donors (Lipinski definition) is 1. The molecule has 0 unspecified atom stereocenters. The Morgan fingerprint density at radius 2 is 1.81 bits per heavy atom. The molecule has 1 saturated heterocycles. The maximum absolute atomic E-state index is 12.6. The predicted octanol–water partition coefficient (Wildman–Crippen LogP) is 3.08. The van der Waals surface area contributed by atoms with E-state index in [1.807, 2.05) is 0 Å². The SMILES string of the molecule is CCc1ccc(CCNC(=O)[C@H]2CC(=O)O[C@@H]2c2ccc(C#N)cc2)cc1. The minimum Gasteiger partial charge on any atom is -0.457 e. The van der Waals surface area contributed by atoms with E-state index in [2.05, 4.69) is 42.6 Å². The van der Waals surface area contributed by atoms with Crippen molar-refractivity contribution in [1.29, 1.82) is 5.26 Å². The topological polar surface area (TPSA) is 79.2 Å². The van der Waals surface area contributed by atoms with Crippen molar-refractivity contribution in [3.05, 3.63) is 70.8 Å². The first-order chi connectivity index (χ1) is 13.1. The number of nitriles is 1. The summed E-state index contributed by atoms with van der Waals surface area (Å²) in [4.78, 5) is 24.4. The second kappa shape index (κ2) is 8.50. The Morgan fingerprint density at radius 1 is 1.15 bits per heavy atom. The van der Waals surface area contributed by atoms with Gasteiger partial charge in [-0.3, -0.25) is 9.59 Å². The van der Waals surface area contributed by atoms with Crippen LogP contribution >= 0.6 is 0 Å². The van der Waals surface area contributed by atoms with Crippen LogP contribution in [0.5, 0.6) is 0 Å². The van der Waals surface area contributed by atoms with Gasteiger partial charge in [0.1, 0.15) is 6.10 Å². The Kier molecular flexibility index (Phi) is 5.87. The molecule has 27 heavy (non-hydrogen) atoms. The highest BCUT2D eigenvalue weighted by molar-refractivity contribution is 5.87. The van der Waals surface area contributed by atoms with E-state index >= 15 is 0 Å². The zero-order chi connectivity index (χ0) is 19.2. The zero-order valence-corrected chi connectivity index (χ0v) is 15.3. The van der Waals surface area contributed by atoms with Crippen LogP contribution in [0.3, 0.4) is 0 Å². The first kappa shape index (κ1) is 18.7. The molecule has 138 valence electrons. The fourth-order valence-corrected chi connectivity index (χ4v) is 3.24. The second-order valence-corrected chi connectivity index (χ2v) is 6.67. The van der Waals surface area contributed by atoms with E-state index in [-0.39, 0.29) is 18.3 Å². The predicted molar refractivity (Wildman–Crippen MR) is 101 cm³/mol. The van der Waals surface area contributed by atoms with Gasteiger partial charge in [-0.2, -0.15) is 5.26 Å². The van der Waals surface area contributed by atoms with Gasteiger partial charge in [0.05, 0.1) is 24.0 Å². The van der Waals surface area contributed by atoms with E-state index in [0.29, 0.717) is 12.1 Å². The minimum atomic E-state index is -0.603. The highest BCUT2D eigenvalue weighted by Crippen LogP contribution is 2.35. The third-order valence-corrected chi connectivity index (χ3v) is 4.86. The summed E-state index contributed by atoms with van der Waals surface area (Å²) in [7, 11) is 0. The summed E-state index contributed by atoms with van der Waals surface area (Å²) < 4.78 is 5.36. The van der Waals surface area contributed by atoms with Crippen molar-refractivity contribution in [2.24, 2.45) is 5.92 Å². The van der Waals surface area contributed by atoms with Crippen molar-refractivity contribution >= 4 is 11.9 Å². The van der Waals surface area contributed by atoms with Crippen LogP contribution in [-0.4, -0.2) is 18.4 Å². The van der Waals surface area contributed by atoms with Crippen LogP contribution in [0.15, 0.2) is 48.5 Å². The van der Waals surface area contributed by atoms with Crippen molar-refractivity contribution in [3.63, 3.8) is 0 Å². The van der Waals surface area contributed by atoms with Crippen LogP contribution in [-0.2, 0) is 27.2 Å². The maximum atomic E-state index is 12.6. The molecule has 5 heteroatoms. The number of benzene rings is 2. The van der Waals surface area contributed by atoms with Crippen LogP contribution < -0.4 is 5.32 Å². The highest BCUT2D eigenvalue weighted by atomic mass is 16.6. The molecule has 1 aliphatic heterocycles. The number of amides is 1. The van der Waals surface area contributed by atoms with E-state index in [9.17, 15) is 9.59 Å². The number of nitrogens with one attached hydrogen (secondary N) is 1. The molecular formula is C22H22N2O3. The van der Waals surface area contributed by atoms with Gasteiger partial charge in [0, 0.05) is 6.54 Å². The molecular weight excluding hydrogens is 340 g/mol. The van der Waals surface area contributed by atoms with Crippen LogP contribution in [0.25, 0.3) is 0 Å². The Morgan fingerprint density at radius 3 is 2.44 bits per heavy atom. The van der Waals surface area contributed by atoms with Crippen molar-refractivity contribution in [2.45, 2.75) is 32.3 Å². The first-order valence-corrected chi connectivity index (χ1v) is 9.15. The number of ether oxygens (including phenoxy) is 1. The number of hydrogen-bond acceptors (Lipinski definition) is 4. The molecule has 0 aromatic heterocycles. The van der Waals surface area contributed by atoms with E-state index in [1.165, 1.54) is 5.56 Å². The summed E-state index contributed by atoms with van der Waals surface area (Å²) in [5.41, 5.74) is 3.71. The molecule has 2 aromatic rings. The third-order valence-electron chi connectivity index (χ3n) is 4.86. The van der Waals surface area contributed by atoms with Gasteiger partial charge in [0.2, 0.25) is 5.91 Å². The van der Waals surface area contributed by atoms with Crippen LogP contribution in [0.1, 0.15) is 41.7 Å². The number of nitrogens with zero attached hydrogens (tertiary/aromatic N) is 1. The van der Waals surface area contributed by atoms with Crippen LogP contribution in [0.2, 0.25) is 0 Å². The van der Waals surface area contributed by atoms with Crippen molar-refractivity contribution in [1.82, 2.24) is 5.32 Å². The normalized spacial score (nSPS) is 18.6. The molecule has 0 spiro atoms. The number of esters is 1. The van der Waals surface area contributed by atoms with Gasteiger partial charge >= 0.3 is 5.97 Å². The van der Waals surface area contributed by atoms with Gasteiger partial charge in [0.25, 0.3) is 0 Å². The summed E-state index contributed by atoms with van der Waals surface area (Å²) in [6, 6.07) is 17.2. The maximum Gasteiger partial charge on any atom is 0.307 e. The number of cyclic esters (lactones) is 1. The third kappa shape index (κ3) is 4.53. The number of rotatable bonds is 6. The van der Waals surface area contributed by atoms with Gasteiger partial charge in [0.15, 0.2) is 0 Å². The Labute approximate surface area is 159 Å². The molecule has 2 atom stereocenters. The molecule has 0 bridgehead atoms. The summed E-state index contributed by atoms with van der Waals surface area (Å²) in [5.74, 6) is -1.10. The number of carbonyl (C=O) groups excluding carboxylic acids is 2. The second-order valence-electron chi connectivity index (χ2n) is 6.67. The summed E-state index contributed by atoms with van der Waals surface area (Å²) in [6.07, 6.45) is 1.21. The lowest BCUT2D eigenvalue weighted by Crippen LogP contribution is -2.33. The molecule has 1 amide bonds. The van der Waals surface area contributed by atoms with Gasteiger partial charge in [-0.25, -0.2) is 0 Å². The summed E-state index contributed by atoms with van der Waals surface area (Å²) in [5, 5.41) is 11.8. The summed E-state index contributed by atoms with van der Waals surface area (Å²) >= 11 is 0. The molecule has 1 heterocycles. The van der Waals surface area contributed by atoms with Crippen LogP contribution in [0, 0.1) is 17.2 Å². The van der Waals surface area contributed by atoms with Crippen molar-refractivity contribution in [2.75, 3.05) is 6.54 Å². The lowest BCUT2D eigenvalue weighted by Gasteiger charge is -2.17. The molecule has 5 nitrogen and oxygen atoms in total. The van der Waals surface area contributed by atoms with Crippen molar-refractivity contribution < 1.29 is 14.3 Å². The highest BCUT2D eigenvalue weighted by Gasteiger charge is 2.40. The van der Waals surface area contributed by atoms with Gasteiger partial charge in [-0.15, -0.1) is 0 Å². The fraction of sp³-hybridized carbons (Fsp3) is 0.318. The fourth-order valence-electron chi connectivity index (χ4n) is 3.24. The van der Waals surface area contributed by atoms with E-state index in [0.717, 1.165) is 24.0 Å². The molecule has 1 fully saturated rings. The Hall–Kier alpha value is -3.13. The monoisotopic (exact) mass is 362 g/mol. The smallest absolute Gasteiger partial charge is 0.307 e. The van der Waals surface area contributed by atoms with Gasteiger partial charge < -0.3 is 10.1 Å². The standard InChI is InChI=1S/C22H22N2O3/c1-2-15-3-5-16(6-4-15)11-12-24-22(26)19-13-20(25)27-21(19)18-9-7-17(14-23)8-10-18/h3-10,19,21H,2,11-13H2,1H3,(H,24,26)/t19-,21+/m0/s1. The van der Waals surface area contributed by atoms with E-state index < -0.39 is 12.0 Å². The molecule has 0 aliphatic carbocycles. The molecule has 3 rings (SSSR count). The van der Waals surface area contributed by atoms with Crippen LogP contribution in [0.4, 0.5) is 0 Å². The first-order valence-electron chi connectivity index (χ1n) is 9.15. The molecule has 1 aliphatic rings. The van der Waals surface area contributed by atoms with Gasteiger partial charge in [-0.05, 0) is 41.7 Å². The number of carbonyl (C=O) groups is 2. The quantitative estimate of drug-likeness (QED) is 0.801. The molecule has 0 saturated carbocycles. The summed E-state index contributed by atoms with van der Waals surface area (Å²) in [6.45, 7) is 2.62. The largest absolute Gasteiger partial charge is 0.457 e. The average molecular weight is 362 g/mol. The van der Waals surface area contributed by atoms with Gasteiger partial charge in [-0.1, -0.05) is 43.3 Å². The zero-order valence-electron chi connectivity index (χ0n) is 15.3. The lowest BCUT2D eigenvalue weighted by atomic mass is 9.94. The minimum absolute atomic E-state index is 0.0711. The van der Waals surface area contributed by atoms with E-state index in [1.54, 1.807) is 24.3 Å². The number of aryl methyl sites for hydroxylation is 1. The average Bonchev–Trinajstić information content (AvgIpc) is 3.10. The Bertz CT molecular complexity index is 851. The lowest BCUT2D eigenvalue weighted by molar-refractivity contribution is -0.141. The molecule has 2 aromatic carbocycles. The van der Waals surface area contributed by atoms with E-state index in [4.69, 9.17) is 10.00 Å².